The number of hydrogen-bond donors (Lipinski definition) is 1. The Bertz CT molecular complexity index is 958. The molecule has 1 aliphatic heterocycles. The van der Waals surface area contributed by atoms with Crippen molar-refractivity contribution in [2.45, 2.75) is 52.6 Å². The van der Waals surface area contributed by atoms with Gasteiger partial charge in [0.05, 0.1) is 12.5 Å². The minimum atomic E-state index is -0.151. The molecule has 1 saturated heterocycles. The van der Waals surface area contributed by atoms with Crippen LogP contribution in [0.2, 0.25) is 0 Å². The highest BCUT2D eigenvalue weighted by atomic mass is 16.2. The van der Waals surface area contributed by atoms with Gasteiger partial charge in [0.25, 0.3) is 0 Å². The summed E-state index contributed by atoms with van der Waals surface area (Å²) >= 11 is 0. The fourth-order valence-corrected chi connectivity index (χ4v) is 4.75. The number of benzene rings is 2. The first-order valence-corrected chi connectivity index (χ1v) is 12.2. The summed E-state index contributed by atoms with van der Waals surface area (Å²) in [5.74, 6) is 1.19. The first-order chi connectivity index (χ1) is 16.4. The maximum Gasteiger partial charge on any atom is 0.227 e. The lowest BCUT2D eigenvalue weighted by Crippen LogP contribution is -2.38. The third kappa shape index (κ3) is 8.00. The molecule has 2 unspecified atom stereocenters. The van der Waals surface area contributed by atoms with E-state index in [-0.39, 0.29) is 31.1 Å². The van der Waals surface area contributed by atoms with E-state index >= 15 is 0 Å². The second-order valence-electron chi connectivity index (χ2n) is 9.52. The van der Waals surface area contributed by atoms with Crippen molar-refractivity contribution in [3.8, 4) is 6.07 Å². The average molecular weight is 461 g/mol. The van der Waals surface area contributed by atoms with Crippen LogP contribution in [0.5, 0.6) is 0 Å². The van der Waals surface area contributed by atoms with Gasteiger partial charge in [-0.3, -0.25) is 14.5 Å². The molecule has 6 nitrogen and oxygen atoms in total. The number of nitrogens with one attached hydrogen (secondary N) is 1. The van der Waals surface area contributed by atoms with E-state index in [4.69, 9.17) is 5.26 Å². The van der Waals surface area contributed by atoms with Gasteiger partial charge in [-0.1, -0.05) is 56.3 Å². The first-order valence-electron chi connectivity index (χ1n) is 12.2. The van der Waals surface area contributed by atoms with Gasteiger partial charge in [0.1, 0.15) is 0 Å². The van der Waals surface area contributed by atoms with E-state index in [9.17, 15) is 9.59 Å². The Morgan fingerprint density at radius 1 is 1.00 bits per heavy atom. The first kappa shape index (κ1) is 25.5. The predicted octanol–water partition coefficient (Wildman–Crippen LogP) is 4.51. The predicted molar refractivity (Wildman–Crippen MR) is 135 cm³/mol. The van der Waals surface area contributed by atoms with Gasteiger partial charge in [-0.15, -0.1) is 0 Å². The van der Waals surface area contributed by atoms with Gasteiger partial charge in [-0.2, -0.15) is 5.26 Å². The van der Waals surface area contributed by atoms with Crippen molar-refractivity contribution >= 4 is 17.5 Å². The van der Waals surface area contributed by atoms with Crippen LogP contribution in [-0.2, 0) is 22.7 Å². The lowest BCUT2D eigenvalue weighted by atomic mass is 9.91. The SMILES string of the molecule is CC1CC(C)CN(Cc2ccc(CNC(=O)CCC(=O)N(CCC#N)c3ccccc3)cc2)C1. The smallest absolute Gasteiger partial charge is 0.227 e. The molecule has 34 heavy (non-hydrogen) atoms. The molecule has 0 bridgehead atoms. The van der Waals surface area contributed by atoms with Crippen LogP contribution in [0.1, 0.15) is 50.7 Å². The van der Waals surface area contributed by atoms with Crippen molar-refractivity contribution < 1.29 is 9.59 Å². The molecule has 1 aliphatic rings. The van der Waals surface area contributed by atoms with Crippen LogP contribution in [0.25, 0.3) is 0 Å². The summed E-state index contributed by atoms with van der Waals surface area (Å²) in [6, 6.07) is 19.8. The zero-order valence-electron chi connectivity index (χ0n) is 20.4. The number of amides is 2. The minimum Gasteiger partial charge on any atom is -0.352 e. The van der Waals surface area contributed by atoms with Crippen molar-refractivity contribution in [2.24, 2.45) is 11.8 Å². The van der Waals surface area contributed by atoms with Crippen molar-refractivity contribution in [1.82, 2.24) is 10.2 Å². The summed E-state index contributed by atoms with van der Waals surface area (Å²) < 4.78 is 0. The van der Waals surface area contributed by atoms with Crippen LogP contribution in [-0.4, -0.2) is 36.3 Å². The standard InChI is InChI=1S/C28H36N4O2/c1-22-17-23(2)20-31(19-22)21-25-11-9-24(10-12-25)18-30-27(33)13-14-28(34)32(16-6-15-29)26-7-4-3-5-8-26/h3-5,7-12,22-23H,6,13-14,16-21H2,1-2H3,(H,30,33). The number of anilines is 1. The molecule has 0 aromatic heterocycles. The topological polar surface area (TPSA) is 76.4 Å². The Balaban J connectivity index is 1.43. The van der Waals surface area contributed by atoms with Crippen molar-refractivity contribution in [3.63, 3.8) is 0 Å². The summed E-state index contributed by atoms with van der Waals surface area (Å²) in [5.41, 5.74) is 3.08. The van der Waals surface area contributed by atoms with E-state index in [0.717, 1.165) is 42.7 Å². The van der Waals surface area contributed by atoms with Crippen LogP contribution in [0.3, 0.4) is 0 Å². The largest absolute Gasteiger partial charge is 0.352 e. The van der Waals surface area contributed by atoms with Crippen LogP contribution in [0.4, 0.5) is 5.69 Å². The van der Waals surface area contributed by atoms with Crippen molar-refractivity contribution in [2.75, 3.05) is 24.5 Å². The summed E-state index contributed by atoms with van der Waals surface area (Å²) in [6.45, 7) is 8.69. The minimum absolute atomic E-state index is 0.109. The lowest BCUT2D eigenvalue weighted by Gasteiger charge is -2.35. The number of likely N-dealkylation sites (tertiary alicyclic amines) is 1. The molecule has 2 aromatic rings. The number of nitrogens with zero attached hydrogens (tertiary/aromatic N) is 3. The van der Waals surface area contributed by atoms with E-state index < -0.39 is 0 Å². The lowest BCUT2D eigenvalue weighted by molar-refractivity contribution is -0.125. The van der Waals surface area contributed by atoms with Gasteiger partial charge in [0, 0.05) is 51.3 Å². The third-order valence-electron chi connectivity index (χ3n) is 6.25. The number of nitriles is 1. The van der Waals surface area contributed by atoms with E-state index in [1.54, 1.807) is 4.90 Å². The number of carbonyl (C=O) groups excluding carboxylic acids is 2. The van der Waals surface area contributed by atoms with Crippen LogP contribution >= 0.6 is 0 Å². The maximum atomic E-state index is 12.7. The molecular formula is C28H36N4O2. The molecule has 0 aliphatic carbocycles. The van der Waals surface area contributed by atoms with Gasteiger partial charge >= 0.3 is 0 Å². The zero-order chi connectivity index (χ0) is 24.3. The number of hydrogen-bond acceptors (Lipinski definition) is 4. The Labute approximate surface area is 203 Å². The van der Waals surface area contributed by atoms with Gasteiger partial charge < -0.3 is 10.2 Å². The van der Waals surface area contributed by atoms with Gasteiger partial charge in [0.15, 0.2) is 0 Å². The quantitative estimate of drug-likeness (QED) is 0.566. The molecular weight excluding hydrogens is 424 g/mol. The number of rotatable bonds is 10. The van der Waals surface area contributed by atoms with E-state index in [0.29, 0.717) is 13.1 Å². The van der Waals surface area contributed by atoms with Gasteiger partial charge in [-0.05, 0) is 41.5 Å². The fourth-order valence-electron chi connectivity index (χ4n) is 4.75. The Kier molecular flexibility index (Phi) is 9.66. The highest BCUT2D eigenvalue weighted by Gasteiger charge is 2.21. The van der Waals surface area contributed by atoms with Crippen LogP contribution in [0, 0.1) is 23.2 Å². The Morgan fingerprint density at radius 2 is 1.65 bits per heavy atom. The molecule has 1 heterocycles. The average Bonchev–Trinajstić information content (AvgIpc) is 2.82. The molecule has 2 amide bonds. The van der Waals surface area contributed by atoms with Gasteiger partial charge in [0.2, 0.25) is 11.8 Å². The highest BCUT2D eigenvalue weighted by molar-refractivity contribution is 5.95. The monoisotopic (exact) mass is 460 g/mol. The second-order valence-corrected chi connectivity index (χ2v) is 9.52. The van der Waals surface area contributed by atoms with Gasteiger partial charge in [-0.25, -0.2) is 0 Å². The number of carbonyl (C=O) groups is 2. The van der Waals surface area contributed by atoms with Crippen LogP contribution in [0.15, 0.2) is 54.6 Å². The molecule has 3 rings (SSSR count). The molecule has 6 heteroatoms. The normalized spacial score (nSPS) is 18.1. The number of piperidine rings is 1. The summed E-state index contributed by atoms with van der Waals surface area (Å²) in [7, 11) is 0. The molecule has 0 radical (unpaired) electrons. The highest BCUT2D eigenvalue weighted by Crippen LogP contribution is 2.22. The number of para-hydroxylation sites is 1. The molecule has 1 fully saturated rings. The van der Waals surface area contributed by atoms with Crippen molar-refractivity contribution in [3.05, 3.63) is 65.7 Å². The third-order valence-corrected chi connectivity index (χ3v) is 6.25. The fraction of sp³-hybridized carbons (Fsp3) is 0.464. The van der Waals surface area contributed by atoms with E-state index in [1.165, 1.54) is 12.0 Å². The van der Waals surface area contributed by atoms with E-state index in [1.807, 2.05) is 30.3 Å². The van der Waals surface area contributed by atoms with Crippen LogP contribution < -0.4 is 10.2 Å². The molecule has 0 spiro atoms. The maximum absolute atomic E-state index is 12.7. The molecule has 0 saturated carbocycles. The summed E-state index contributed by atoms with van der Waals surface area (Å²) in [6.07, 6.45) is 1.79. The zero-order valence-corrected chi connectivity index (χ0v) is 20.4. The molecule has 180 valence electrons. The molecule has 1 N–H and O–H groups in total. The Hall–Kier alpha value is -3.17. The molecule has 2 atom stereocenters. The molecule has 2 aromatic carbocycles. The Morgan fingerprint density at radius 3 is 2.29 bits per heavy atom. The van der Waals surface area contributed by atoms with E-state index in [2.05, 4.69) is 54.4 Å². The second kappa shape index (κ2) is 12.9. The van der Waals surface area contributed by atoms with Crippen molar-refractivity contribution in [1.29, 1.82) is 5.26 Å². The summed E-state index contributed by atoms with van der Waals surface area (Å²) in [5, 5.41) is 11.8. The summed E-state index contributed by atoms with van der Waals surface area (Å²) in [4.78, 5) is 29.2.